The van der Waals surface area contributed by atoms with E-state index < -0.39 is 0 Å². The van der Waals surface area contributed by atoms with E-state index in [1.807, 2.05) is 47.8 Å². The van der Waals surface area contributed by atoms with Crippen molar-refractivity contribution in [3.05, 3.63) is 95.3 Å². The number of hydrogen-bond acceptors (Lipinski definition) is 4. The van der Waals surface area contributed by atoms with Gasteiger partial charge in [0, 0.05) is 17.3 Å². The van der Waals surface area contributed by atoms with Crippen molar-refractivity contribution >= 4 is 22.9 Å². The van der Waals surface area contributed by atoms with Crippen LogP contribution < -0.4 is 4.90 Å². The Kier molecular flexibility index (Phi) is 4.62. The van der Waals surface area contributed by atoms with Crippen molar-refractivity contribution in [1.29, 1.82) is 0 Å². The normalized spacial score (nSPS) is 10.6. The maximum atomic E-state index is 13.0. The Balaban J connectivity index is 1.73. The van der Waals surface area contributed by atoms with E-state index in [2.05, 4.69) is 17.1 Å². The highest BCUT2D eigenvalue weighted by Gasteiger charge is 2.20. The second-order valence-electron chi connectivity index (χ2n) is 5.75. The van der Waals surface area contributed by atoms with E-state index in [0.29, 0.717) is 12.1 Å². The first-order valence-electron chi connectivity index (χ1n) is 8.19. The summed E-state index contributed by atoms with van der Waals surface area (Å²) in [5, 5.41) is 2.79. The molecule has 0 fully saturated rings. The van der Waals surface area contributed by atoms with Crippen LogP contribution in [0, 0.1) is 0 Å². The fourth-order valence-electron chi connectivity index (χ4n) is 2.77. The Morgan fingerprint density at radius 1 is 1.04 bits per heavy atom. The molecule has 2 heterocycles. The van der Waals surface area contributed by atoms with Gasteiger partial charge >= 0.3 is 0 Å². The smallest absolute Gasteiger partial charge is 0.261 e. The summed E-state index contributed by atoms with van der Waals surface area (Å²) < 4.78 is 5.09. The van der Waals surface area contributed by atoms with Gasteiger partial charge in [-0.3, -0.25) is 4.79 Å². The summed E-state index contributed by atoms with van der Waals surface area (Å²) in [6.07, 6.45) is 4.73. The molecule has 4 nitrogen and oxygen atoms in total. The van der Waals surface area contributed by atoms with Gasteiger partial charge in [0.2, 0.25) is 0 Å². The van der Waals surface area contributed by atoms with Crippen LogP contribution in [0.2, 0.25) is 0 Å². The number of anilines is 1. The van der Waals surface area contributed by atoms with Crippen LogP contribution >= 0.6 is 11.3 Å². The highest BCUT2D eigenvalue weighted by molar-refractivity contribution is 7.09. The fraction of sp³-hybridized carbons (Fsp3) is 0.0476. The van der Waals surface area contributed by atoms with E-state index in [-0.39, 0.29) is 5.91 Å². The van der Waals surface area contributed by atoms with E-state index in [1.165, 1.54) is 23.9 Å². The predicted molar refractivity (Wildman–Crippen MR) is 103 cm³/mol. The van der Waals surface area contributed by atoms with Gasteiger partial charge in [0.25, 0.3) is 5.91 Å². The molecule has 0 aliphatic carbocycles. The van der Waals surface area contributed by atoms with Crippen molar-refractivity contribution < 1.29 is 9.21 Å². The third-order valence-electron chi connectivity index (χ3n) is 4.06. The number of aromatic nitrogens is 1. The largest absolute Gasteiger partial charge is 0.472 e. The minimum Gasteiger partial charge on any atom is -0.472 e. The van der Waals surface area contributed by atoms with Gasteiger partial charge in [0.15, 0.2) is 0 Å². The lowest BCUT2D eigenvalue weighted by Crippen LogP contribution is -2.30. The Labute approximate surface area is 155 Å². The Morgan fingerprint density at radius 3 is 2.62 bits per heavy atom. The van der Waals surface area contributed by atoms with Gasteiger partial charge in [-0.15, -0.1) is 11.3 Å². The lowest BCUT2D eigenvalue weighted by molar-refractivity contribution is 0.0984. The number of rotatable bonds is 5. The lowest BCUT2D eigenvalue weighted by Gasteiger charge is -2.22. The van der Waals surface area contributed by atoms with E-state index >= 15 is 0 Å². The predicted octanol–water partition coefficient (Wildman–Crippen LogP) is 5.25. The molecule has 0 aliphatic rings. The standard InChI is InChI=1S/C21H16N2O2S/c24-21(18-9-11-25-15-18)23(14-20-22-10-12-26-20)19-8-4-7-17(13-19)16-5-2-1-3-6-16/h1-13,15H,14H2. The molecule has 4 aromatic rings. The number of benzene rings is 2. The average molecular weight is 360 g/mol. The summed E-state index contributed by atoms with van der Waals surface area (Å²) in [7, 11) is 0. The van der Waals surface area contributed by atoms with E-state index in [9.17, 15) is 4.79 Å². The van der Waals surface area contributed by atoms with Gasteiger partial charge in [-0.1, -0.05) is 42.5 Å². The molecular formula is C21H16N2O2S. The second-order valence-corrected chi connectivity index (χ2v) is 6.72. The second kappa shape index (κ2) is 7.37. The molecule has 128 valence electrons. The molecule has 0 radical (unpaired) electrons. The van der Waals surface area contributed by atoms with Gasteiger partial charge < -0.3 is 9.32 Å². The third kappa shape index (κ3) is 3.43. The summed E-state index contributed by atoms with van der Waals surface area (Å²) in [5.41, 5.74) is 3.52. The summed E-state index contributed by atoms with van der Waals surface area (Å²) in [6.45, 7) is 0.417. The van der Waals surface area contributed by atoms with Crippen molar-refractivity contribution in [3.63, 3.8) is 0 Å². The molecule has 0 saturated heterocycles. The first-order chi connectivity index (χ1) is 12.8. The number of hydrogen-bond donors (Lipinski definition) is 0. The molecule has 2 aromatic carbocycles. The molecule has 0 unspecified atom stereocenters. The Hall–Kier alpha value is -3.18. The minimum atomic E-state index is -0.112. The van der Waals surface area contributed by atoms with Crippen molar-refractivity contribution in [3.8, 4) is 11.1 Å². The molecule has 4 rings (SSSR count). The summed E-state index contributed by atoms with van der Waals surface area (Å²) in [5.74, 6) is -0.112. The van der Waals surface area contributed by atoms with Crippen LogP contribution in [0.1, 0.15) is 15.4 Å². The number of carbonyl (C=O) groups excluding carboxylic acids is 1. The van der Waals surface area contributed by atoms with Gasteiger partial charge in [-0.25, -0.2) is 4.98 Å². The number of thiazole rings is 1. The van der Waals surface area contributed by atoms with Gasteiger partial charge in [0.1, 0.15) is 11.3 Å². The first-order valence-corrected chi connectivity index (χ1v) is 9.07. The van der Waals surface area contributed by atoms with E-state index in [1.54, 1.807) is 17.2 Å². The third-order valence-corrected chi connectivity index (χ3v) is 4.82. The van der Waals surface area contributed by atoms with Crippen LogP contribution in [0.25, 0.3) is 11.1 Å². The first kappa shape index (κ1) is 16.3. The molecule has 26 heavy (non-hydrogen) atoms. The number of nitrogens with zero attached hydrogens (tertiary/aromatic N) is 2. The molecule has 0 bridgehead atoms. The van der Waals surface area contributed by atoms with Crippen molar-refractivity contribution in [1.82, 2.24) is 4.98 Å². The van der Waals surface area contributed by atoms with E-state index in [0.717, 1.165) is 21.8 Å². The summed E-state index contributed by atoms with van der Waals surface area (Å²) in [4.78, 5) is 19.1. The zero-order valence-corrected chi connectivity index (χ0v) is 14.7. The molecule has 0 N–H and O–H groups in total. The van der Waals surface area contributed by atoms with Crippen LogP contribution in [0.4, 0.5) is 5.69 Å². The molecule has 5 heteroatoms. The van der Waals surface area contributed by atoms with Gasteiger partial charge in [-0.05, 0) is 29.3 Å². The number of carbonyl (C=O) groups is 1. The maximum Gasteiger partial charge on any atom is 0.261 e. The Morgan fingerprint density at radius 2 is 1.88 bits per heavy atom. The molecular weight excluding hydrogens is 344 g/mol. The lowest BCUT2D eigenvalue weighted by atomic mass is 10.0. The zero-order chi connectivity index (χ0) is 17.8. The van der Waals surface area contributed by atoms with Crippen LogP contribution in [0.3, 0.4) is 0 Å². The topological polar surface area (TPSA) is 46.3 Å². The molecule has 0 atom stereocenters. The van der Waals surface area contributed by atoms with Crippen LogP contribution in [-0.2, 0) is 6.54 Å². The van der Waals surface area contributed by atoms with Crippen molar-refractivity contribution in [2.75, 3.05) is 4.90 Å². The molecule has 0 saturated carbocycles. The maximum absolute atomic E-state index is 13.0. The number of amides is 1. The van der Waals surface area contributed by atoms with Crippen molar-refractivity contribution in [2.24, 2.45) is 0 Å². The zero-order valence-electron chi connectivity index (χ0n) is 13.9. The van der Waals surface area contributed by atoms with Crippen LogP contribution in [-0.4, -0.2) is 10.9 Å². The van der Waals surface area contributed by atoms with E-state index in [4.69, 9.17) is 4.42 Å². The molecule has 1 amide bonds. The Bertz CT molecular complexity index is 980. The quantitative estimate of drug-likeness (QED) is 0.488. The molecule has 2 aromatic heterocycles. The van der Waals surface area contributed by atoms with Crippen LogP contribution in [0.15, 0.2) is 89.2 Å². The summed E-state index contributed by atoms with van der Waals surface area (Å²) >= 11 is 1.53. The van der Waals surface area contributed by atoms with Gasteiger partial charge in [-0.2, -0.15) is 0 Å². The van der Waals surface area contributed by atoms with Gasteiger partial charge in [0.05, 0.1) is 18.4 Å². The number of furan rings is 1. The highest BCUT2D eigenvalue weighted by atomic mass is 32.1. The highest BCUT2D eigenvalue weighted by Crippen LogP contribution is 2.27. The summed E-state index contributed by atoms with van der Waals surface area (Å²) in [6, 6.07) is 19.8. The SMILES string of the molecule is O=C(c1ccoc1)N(Cc1nccs1)c1cccc(-c2ccccc2)c1. The minimum absolute atomic E-state index is 0.112. The monoisotopic (exact) mass is 360 g/mol. The van der Waals surface area contributed by atoms with Crippen molar-refractivity contribution in [2.45, 2.75) is 6.54 Å². The van der Waals surface area contributed by atoms with Crippen LogP contribution in [0.5, 0.6) is 0 Å². The fourth-order valence-corrected chi connectivity index (χ4v) is 3.38. The average Bonchev–Trinajstić information content (AvgIpc) is 3.40. The molecule has 0 spiro atoms. The molecule has 0 aliphatic heterocycles.